The summed E-state index contributed by atoms with van der Waals surface area (Å²) in [5.74, 6) is -1.50. The maximum absolute atomic E-state index is 11.7. The predicted octanol–water partition coefficient (Wildman–Crippen LogP) is 1.43. The van der Waals surface area contributed by atoms with Gasteiger partial charge in [0.15, 0.2) is 4.91 Å². The largest absolute Gasteiger partial charge is 0.477 e. The lowest BCUT2D eigenvalue weighted by Gasteiger charge is -2.06. The number of hydrogen-bond donors (Lipinski definition) is 1. The first-order valence-corrected chi connectivity index (χ1v) is 6.48. The first-order valence-electron chi connectivity index (χ1n) is 4.61. The fourth-order valence-electron chi connectivity index (χ4n) is 1.22. The number of nitrogens with zero attached hydrogens (tertiary/aromatic N) is 1. The highest BCUT2D eigenvalue weighted by Crippen LogP contribution is 2.26. The molecule has 1 N–H and O–H groups in total. The van der Waals surface area contributed by atoms with E-state index >= 15 is 0 Å². The van der Waals surface area contributed by atoms with E-state index < -0.39 is 25.9 Å². The van der Waals surface area contributed by atoms with E-state index in [0.717, 1.165) is 6.20 Å². The average Bonchev–Trinajstić information content (AvgIpc) is 2.57. The second-order valence-corrected chi connectivity index (χ2v) is 5.43. The molecule has 0 aromatic heterocycles. The fourth-order valence-corrected chi connectivity index (χ4v) is 2.39. The van der Waals surface area contributed by atoms with Gasteiger partial charge in [0, 0.05) is 0 Å². The van der Waals surface area contributed by atoms with Crippen LogP contribution in [0.5, 0.6) is 5.75 Å². The predicted molar refractivity (Wildman–Crippen MR) is 64.2 cm³/mol. The van der Waals surface area contributed by atoms with Gasteiger partial charge in [0.2, 0.25) is 0 Å². The van der Waals surface area contributed by atoms with Crippen LogP contribution in [0.3, 0.4) is 0 Å². The van der Waals surface area contributed by atoms with Crippen LogP contribution < -0.4 is 4.74 Å². The standard InChI is InChI=1S/C10H6ClNO5S/c11-6-3-1-2-4-7(6)17-10-12-5-8(9(13)14)18(10,15)16/h1-5H,(H,13,14). The number of carboxylic acids is 1. The monoisotopic (exact) mass is 287 g/mol. The molecule has 0 unspecified atom stereocenters. The molecule has 1 aromatic rings. The molecule has 0 radical (unpaired) electrons. The second-order valence-electron chi connectivity index (χ2n) is 3.23. The summed E-state index contributed by atoms with van der Waals surface area (Å²) < 4.78 is 28.4. The number of ether oxygens (including phenoxy) is 1. The highest BCUT2D eigenvalue weighted by Gasteiger charge is 2.36. The maximum Gasteiger partial charge on any atom is 0.349 e. The summed E-state index contributed by atoms with van der Waals surface area (Å²) >= 11 is 5.79. The Hall–Kier alpha value is -1.86. The third kappa shape index (κ3) is 2.09. The molecule has 1 aliphatic rings. The zero-order valence-electron chi connectivity index (χ0n) is 8.70. The fraction of sp³-hybridized carbons (Fsp3) is 0. The van der Waals surface area contributed by atoms with Gasteiger partial charge >= 0.3 is 11.2 Å². The first kappa shape index (κ1) is 12.6. The lowest BCUT2D eigenvalue weighted by Crippen LogP contribution is -2.22. The summed E-state index contributed by atoms with van der Waals surface area (Å²) in [4.78, 5) is 13.3. The molecule has 0 aliphatic carbocycles. The number of sulfone groups is 1. The molecular weight excluding hydrogens is 282 g/mol. The normalized spacial score (nSPS) is 16.9. The number of rotatable bonds is 2. The topological polar surface area (TPSA) is 93.0 Å². The summed E-state index contributed by atoms with van der Waals surface area (Å²) in [5, 5.41) is 8.18. The van der Waals surface area contributed by atoms with Crippen LogP contribution in [-0.4, -0.2) is 24.7 Å². The number of aliphatic carboxylic acids is 1. The Labute approximate surface area is 107 Å². The van der Waals surface area contributed by atoms with E-state index in [1.54, 1.807) is 12.1 Å². The minimum Gasteiger partial charge on any atom is -0.477 e. The van der Waals surface area contributed by atoms with Crippen molar-refractivity contribution < 1.29 is 23.1 Å². The van der Waals surface area contributed by atoms with Crippen LogP contribution in [0.1, 0.15) is 0 Å². The molecule has 8 heteroatoms. The van der Waals surface area contributed by atoms with Crippen molar-refractivity contribution in [1.29, 1.82) is 0 Å². The zero-order valence-corrected chi connectivity index (χ0v) is 10.3. The number of aliphatic imine (C=N–C) groups is 1. The lowest BCUT2D eigenvalue weighted by atomic mass is 10.3. The van der Waals surface area contributed by atoms with Gasteiger partial charge in [-0.1, -0.05) is 23.7 Å². The molecular formula is C10H6ClNO5S. The summed E-state index contributed by atoms with van der Waals surface area (Å²) in [5.41, 5.74) is 0. The van der Waals surface area contributed by atoms with E-state index in [-0.39, 0.29) is 10.8 Å². The molecule has 1 aromatic carbocycles. The third-order valence-corrected chi connectivity index (χ3v) is 3.87. The van der Waals surface area contributed by atoms with Gasteiger partial charge in [-0.05, 0) is 12.1 Å². The second kappa shape index (κ2) is 4.43. The number of benzene rings is 1. The van der Waals surface area contributed by atoms with Crippen molar-refractivity contribution >= 4 is 32.6 Å². The summed E-state index contributed by atoms with van der Waals surface area (Å²) in [6, 6.07) is 6.18. The average molecular weight is 288 g/mol. The van der Waals surface area contributed by atoms with Crippen molar-refractivity contribution in [2.24, 2.45) is 4.99 Å². The molecule has 0 fully saturated rings. The first-order chi connectivity index (χ1) is 8.43. The summed E-state index contributed by atoms with van der Waals surface area (Å²) in [7, 11) is -4.21. The van der Waals surface area contributed by atoms with Gasteiger partial charge in [0.25, 0.3) is 9.84 Å². The third-order valence-electron chi connectivity index (χ3n) is 2.05. The number of halogens is 1. The number of hydrogen-bond acceptors (Lipinski definition) is 5. The van der Waals surface area contributed by atoms with Gasteiger partial charge in [-0.25, -0.2) is 18.2 Å². The van der Waals surface area contributed by atoms with Crippen LogP contribution in [0.15, 0.2) is 40.4 Å². The minimum atomic E-state index is -4.21. The molecule has 0 bridgehead atoms. The van der Waals surface area contributed by atoms with Gasteiger partial charge < -0.3 is 9.84 Å². The van der Waals surface area contributed by atoms with Crippen LogP contribution in [0.2, 0.25) is 5.02 Å². The van der Waals surface area contributed by atoms with Crippen LogP contribution in [-0.2, 0) is 14.6 Å². The van der Waals surface area contributed by atoms with E-state index in [1.165, 1.54) is 12.1 Å². The van der Waals surface area contributed by atoms with Crippen LogP contribution in [0, 0.1) is 0 Å². The Bertz CT molecular complexity index is 677. The van der Waals surface area contributed by atoms with Crippen molar-refractivity contribution in [3.63, 3.8) is 0 Å². The smallest absolute Gasteiger partial charge is 0.349 e. The molecule has 18 heavy (non-hydrogen) atoms. The van der Waals surface area contributed by atoms with Crippen molar-refractivity contribution in [3.05, 3.63) is 40.4 Å². The Balaban J connectivity index is 2.30. The molecule has 1 heterocycles. The van der Waals surface area contributed by atoms with Crippen molar-refractivity contribution in [2.75, 3.05) is 0 Å². The molecule has 94 valence electrons. The van der Waals surface area contributed by atoms with Gasteiger partial charge in [-0.2, -0.15) is 0 Å². The van der Waals surface area contributed by atoms with Gasteiger partial charge in [0.05, 0.1) is 11.2 Å². The molecule has 0 amide bonds. The van der Waals surface area contributed by atoms with E-state index in [2.05, 4.69) is 4.99 Å². The van der Waals surface area contributed by atoms with Crippen LogP contribution in [0.4, 0.5) is 0 Å². The van der Waals surface area contributed by atoms with E-state index in [0.29, 0.717) is 0 Å². The number of para-hydroxylation sites is 1. The molecule has 0 spiro atoms. The Kier molecular flexibility index (Phi) is 3.10. The number of carbonyl (C=O) groups is 1. The van der Waals surface area contributed by atoms with E-state index in [4.69, 9.17) is 21.4 Å². The van der Waals surface area contributed by atoms with Crippen molar-refractivity contribution in [2.45, 2.75) is 0 Å². The maximum atomic E-state index is 11.7. The molecule has 2 rings (SSSR count). The Morgan fingerprint density at radius 1 is 1.33 bits per heavy atom. The molecule has 0 saturated carbocycles. The lowest BCUT2D eigenvalue weighted by molar-refractivity contribution is -0.131. The van der Waals surface area contributed by atoms with Crippen LogP contribution >= 0.6 is 11.6 Å². The SMILES string of the molecule is O=C(O)C1=CN=C(Oc2ccccc2Cl)S1(=O)=O. The van der Waals surface area contributed by atoms with Crippen molar-refractivity contribution in [1.82, 2.24) is 0 Å². The Morgan fingerprint density at radius 2 is 2.00 bits per heavy atom. The van der Waals surface area contributed by atoms with E-state index in [1.807, 2.05) is 0 Å². The molecule has 1 aliphatic heterocycles. The zero-order chi connectivity index (χ0) is 13.3. The molecule has 6 nitrogen and oxygen atoms in total. The summed E-state index contributed by atoms with van der Waals surface area (Å²) in [6.45, 7) is 0. The number of carboxylic acid groups (broad SMARTS) is 1. The summed E-state index contributed by atoms with van der Waals surface area (Å²) in [6.07, 6.45) is 0.726. The highest BCUT2D eigenvalue weighted by molar-refractivity contribution is 8.10. The van der Waals surface area contributed by atoms with Crippen molar-refractivity contribution in [3.8, 4) is 5.75 Å². The molecule has 0 atom stereocenters. The Morgan fingerprint density at radius 3 is 2.56 bits per heavy atom. The van der Waals surface area contributed by atoms with Crippen LogP contribution in [0.25, 0.3) is 0 Å². The van der Waals surface area contributed by atoms with Gasteiger partial charge in [-0.3, -0.25) is 0 Å². The molecule has 0 saturated heterocycles. The minimum absolute atomic E-state index is 0.0848. The van der Waals surface area contributed by atoms with Gasteiger partial charge in [-0.15, -0.1) is 0 Å². The van der Waals surface area contributed by atoms with E-state index in [9.17, 15) is 13.2 Å². The van der Waals surface area contributed by atoms with Gasteiger partial charge in [0.1, 0.15) is 5.75 Å². The quantitative estimate of drug-likeness (QED) is 0.888. The highest BCUT2D eigenvalue weighted by atomic mass is 35.5.